The summed E-state index contributed by atoms with van der Waals surface area (Å²) >= 11 is 0. The van der Waals surface area contributed by atoms with E-state index in [2.05, 4.69) is 33.4 Å². The van der Waals surface area contributed by atoms with E-state index in [9.17, 15) is 0 Å². The van der Waals surface area contributed by atoms with Gasteiger partial charge in [-0.05, 0) is 39.5 Å². The molecule has 0 radical (unpaired) electrons. The van der Waals surface area contributed by atoms with Gasteiger partial charge in [0.1, 0.15) is 0 Å². The first-order valence-electron chi connectivity index (χ1n) is 4.96. The molecule has 0 heterocycles. The summed E-state index contributed by atoms with van der Waals surface area (Å²) in [6.45, 7) is 10.4. The number of hydrogen-bond acceptors (Lipinski definition) is 0. The molecule has 0 saturated heterocycles. The average molecular weight is 166 g/mol. The van der Waals surface area contributed by atoms with E-state index in [-0.39, 0.29) is 0 Å². The zero-order valence-corrected chi connectivity index (χ0v) is 8.82. The SMILES string of the molecule is C=C(C)CCCC=C(C)CCC. The first-order chi connectivity index (χ1) is 5.66. The maximum atomic E-state index is 3.89. The van der Waals surface area contributed by atoms with Gasteiger partial charge in [-0.2, -0.15) is 0 Å². The minimum Gasteiger partial charge on any atom is -0.100 e. The molecule has 0 fully saturated rings. The Kier molecular flexibility index (Phi) is 6.84. The highest BCUT2D eigenvalue weighted by atomic mass is 13.9. The van der Waals surface area contributed by atoms with Gasteiger partial charge < -0.3 is 0 Å². The number of hydrogen-bond donors (Lipinski definition) is 0. The molecular formula is C12H22. The molecule has 0 aliphatic carbocycles. The van der Waals surface area contributed by atoms with E-state index in [4.69, 9.17) is 0 Å². The minimum atomic E-state index is 1.18. The molecule has 12 heavy (non-hydrogen) atoms. The molecule has 0 aliphatic heterocycles. The van der Waals surface area contributed by atoms with Crippen LogP contribution in [0.1, 0.15) is 52.9 Å². The van der Waals surface area contributed by atoms with Gasteiger partial charge in [-0.3, -0.25) is 0 Å². The Hall–Kier alpha value is -0.520. The highest BCUT2D eigenvalue weighted by molar-refractivity contribution is 4.98. The zero-order chi connectivity index (χ0) is 9.40. The first kappa shape index (κ1) is 11.5. The predicted molar refractivity (Wildman–Crippen MR) is 57.3 cm³/mol. The molecule has 0 amide bonds. The molecule has 0 saturated carbocycles. The number of allylic oxidation sites excluding steroid dienone is 3. The summed E-state index contributed by atoms with van der Waals surface area (Å²) < 4.78 is 0. The molecule has 0 spiro atoms. The maximum Gasteiger partial charge on any atom is -0.0323 e. The van der Waals surface area contributed by atoms with E-state index in [0.29, 0.717) is 0 Å². The lowest BCUT2D eigenvalue weighted by Crippen LogP contribution is -1.78. The van der Waals surface area contributed by atoms with Crippen LogP contribution in [0.4, 0.5) is 0 Å². The molecule has 0 aromatic carbocycles. The topological polar surface area (TPSA) is 0 Å². The van der Waals surface area contributed by atoms with Crippen molar-refractivity contribution in [2.45, 2.75) is 52.9 Å². The van der Waals surface area contributed by atoms with E-state index in [1.54, 1.807) is 5.57 Å². The van der Waals surface area contributed by atoms with Crippen molar-refractivity contribution in [3.05, 3.63) is 23.8 Å². The largest absolute Gasteiger partial charge is 0.100 e. The monoisotopic (exact) mass is 166 g/mol. The second-order valence-electron chi connectivity index (χ2n) is 3.65. The number of unbranched alkanes of at least 4 members (excludes halogenated alkanes) is 1. The second-order valence-corrected chi connectivity index (χ2v) is 3.65. The van der Waals surface area contributed by atoms with E-state index in [1.807, 2.05) is 0 Å². The van der Waals surface area contributed by atoms with Gasteiger partial charge in [0.05, 0.1) is 0 Å². The lowest BCUT2D eigenvalue weighted by molar-refractivity contribution is 0.817. The van der Waals surface area contributed by atoms with Gasteiger partial charge in [0.15, 0.2) is 0 Å². The third-order valence-corrected chi connectivity index (χ3v) is 1.94. The fourth-order valence-corrected chi connectivity index (χ4v) is 1.25. The van der Waals surface area contributed by atoms with Crippen molar-refractivity contribution in [2.75, 3.05) is 0 Å². The Bertz CT molecular complexity index is 151. The van der Waals surface area contributed by atoms with Gasteiger partial charge in [0, 0.05) is 0 Å². The molecule has 0 atom stereocenters. The van der Waals surface area contributed by atoms with Crippen LogP contribution < -0.4 is 0 Å². The van der Waals surface area contributed by atoms with Gasteiger partial charge in [0.2, 0.25) is 0 Å². The predicted octanol–water partition coefficient (Wildman–Crippen LogP) is 4.48. The summed E-state index contributed by atoms with van der Waals surface area (Å²) in [6.07, 6.45) is 8.55. The van der Waals surface area contributed by atoms with Crippen LogP contribution in [0.2, 0.25) is 0 Å². The van der Waals surface area contributed by atoms with Gasteiger partial charge in [-0.1, -0.05) is 30.6 Å². The van der Waals surface area contributed by atoms with E-state index >= 15 is 0 Å². The van der Waals surface area contributed by atoms with Crippen LogP contribution in [0.3, 0.4) is 0 Å². The van der Waals surface area contributed by atoms with Gasteiger partial charge in [0.25, 0.3) is 0 Å². The van der Waals surface area contributed by atoms with Crippen LogP contribution in [0, 0.1) is 0 Å². The van der Waals surface area contributed by atoms with E-state index < -0.39 is 0 Å². The summed E-state index contributed by atoms with van der Waals surface area (Å²) in [6, 6.07) is 0. The molecule has 0 nitrogen and oxygen atoms in total. The van der Waals surface area contributed by atoms with Gasteiger partial charge in [-0.15, -0.1) is 6.58 Å². The van der Waals surface area contributed by atoms with E-state index in [1.165, 1.54) is 37.7 Å². The third-order valence-electron chi connectivity index (χ3n) is 1.94. The summed E-state index contributed by atoms with van der Waals surface area (Å²) in [7, 11) is 0. The standard InChI is InChI=1S/C12H22/c1-5-8-12(4)10-7-6-9-11(2)3/h10H,2,5-9H2,1,3-4H3. The molecule has 0 aromatic heterocycles. The van der Waals surface area contributed by atoms with Crippen molar-refractivity contribution in [3.63, 3.8) is 0 Å². The lowest BCUT2D eigenvalue weighted by atomic mass is 10.1. The van der Waals surface area contributed by atoms with Crippen molar-refractivity contribution in [1.82, 2.24) is 0 Å². The quantitative estimate of drug-likeness (QED) is 0.403. The summed E-state index contributed by atoms with van der Waals surface area (Å²) in [4.78, 5) is 0. The van der Waals surface area contributed by atoms with Crippen LogP contribution in [0.5, 0.6) is 0 Å². The zero-order valence-electron chi connectivity index (χ0n) is 8.82. The van der Waals surface area contributed by atoms with Crippen LogP contribution in [-0.2, 0) is 0 Å². The Morgan fingerprint density at radius 3 is 2.42 bits per heavy atom. The normalized spacial score (nSPS) is 11.8. The average Bonchev–Trinajstić information content (AvgIpc) is 1.98. The van der Waals surface area contributed by atoms with Crippen molar-refractivity contribution in [3.8, 4) is 0 Å². The van der Waals surface area contributed by atoms with Gasteiger partial charge in [-0.25, -0.2) is 0 Å². The Morgan fingerprint density at radius 2 is 1.92 bits per heavy atom. The van der Waals surface area contributed by atoms with E-state index in [0.717, 1.165) is 0 Å². The number of rotatable bonds is 6. The smallest absolute Gasteiger partial charge is 0.0323 e. The maximum absolute atomic E-state index is 3.89. The summed E-state index contributed by atoms with van der Waals surface area (Å²) in [5.74, 6) is 0. The summed E-state index contributed by atoms with van der Waals surface area (Å²) in [5, 5.41) is 0. The highest BCUT2D eigenvalue weighted by Gasteiger charge is 1.88. The molecule has 70 valence electrons. The molecule has 0 rings (SSSR count). The van der Waals surface area contributed by atoms with Crippen molar-refractivity contribution >= 4 is 0 Å². The lowest BCUT2D eigenvalue weighted by Gasteiger charge is -1.98. The van der Waals surface area contributed by atoms with Crippen LogP contribution in [0.15, 0.2) is 23.8 Å². The first-order valence-corrected chi connectivity index (χ1v) is 4.96. The molecule has 0 unspecified atom stereocenters. The van der Waals surface area contributed by atoms with Crippen LogP contribution in [-0.4, -0.2) is 0 Å². The van der Waals surface area contributed by atoms with Crippen molar-refractivity contribution in [1.29, 1.82) is 0 Å². The van der Waals surface area contributed by atoms with Crippen LogP contribution >= 0.6 is 0 Å². The molecular weight excluding hydrogens is 144 g/mol. The highest BCUT2D eigenvalue weighted by Crippen LogP contribution is 2.09. The Balaban J connectivity index is 3.39. The fraction of sp³-hybridized carbons (Fsp3) is 0.667. The molecule has 0 N–H and O–H groups in total. The van der Waals surface area contributed by atoms with Crippen molar-refractivity contribution < 1.29 is 0 Å². The minimum absolute atomic E-state index is 1.18. The third kappa shape index (κ3) is 7.59. The fourth-order valence-electron chi connectivity index (χ4n) is 1.25. The molecule has 0 heteroatoms. The van der Waals surface area contributed by atoms with Gasteiger partial charge >= 0.3 is 0 Å². The molecule has 0 bridgehead atoms. The Morgan fingerprint density at radius 1 is 1.25 bits per heavy atom. The molecule has 0 aliphatic rings. The Labute approximate surface area is 77.4 Å². The summed E-state index contributed by atoms with van der Waals surface area (Å²) in [5.41, 5.74) is 2.84. The van der Waals surface area contributed by atoms with Crippen LogP contribution in [0.25, 0.3) is 0 Å². The van der Waals surface area contributed by atoms with Crippen molar-refractivity contribution in [2.24, 2.45) is 0 Å². The second kappa shape index (κ2) is 7.15. The molecule has 0 aromatic rings.